The summed E-state index contributed by atoms with van der Waals surface area (Å²) in [6.07, 6.45) is 45.0. The van der Waals surface area contributed by atoms with E-state index in [4.69, 9.17) is 5.11 Å². The van der Waals surface area contributed by atoms with Gasteiger partial charge in [0.1, 0.15) is 0 Å². The fraction of sp³-hybridized carbons (Fsp3) is 0.917. The van der Waals surface area contributed by atoms with Crippen molar-refractivity contribution in [2.45, 2.75) is 206 Å². The standard InChI is InChI=1S/3C10H20.C6H10O2/c3*1-2-4-6-8-10-9-7-5-3-1;1-4(2)5(3)6(7)8/h3*1-10H2;4H,3H2,1-2H3,(H,7,8). The zero-order valence-electron chi connectivity index (χ0n) is 26.4. The summed E-state index contributed by atoms with van der Waals surface area (Å²) in [4.78, 5) is 10.0. The SMILES string of the molecule is C1CCCCCCCCC1.C1CCCCCCCCC1.C1CCCCCCCCC1.C=C(C(=O)O)C(C)C. The van der Waals surface area contributed by atoms with Gasteiger partial charge in [-0.05, 0) is 5.92 Å². The molecule has 1 N–H and O–H groups in total. The minimum atomic E-state index is -0.903. The van der Waals surface area contributed by atoms with Gasteiger partial charge in [-0.15, -0.1) is 0 Å². The van der Waals surface area contributed by atoms with Gasteiger partial charge in [0.2, 0.25) is 0 Å². The Bertz CT molecular complexity index is 348. The van der Waals surface area contributed by atoms with Crippen molar-refractivity contribution in [3.8, 4) is 0 Å². The van der Waals surface area contributed by atoms with E-state index >= 15 is 0 Å². The molecule has 0 heterocycles. The van der Waals surface area contributed by atoms with Crippen LogP contribution < -0.4 is 0 Å². The summed E-state index contributed by atoms with van der Waals surface area (Å²) in [5.74, 6) is -0.854. The smallest absolute Gasteiger partial charge is 0.331 e. The zero-order chi connectivity index (χ0) is 27.9. The number of hydrogen-bond donors (Lipinski definition) is 1. The van der Waals surface area contributed by atoms with Crippen molar-refractivity contribution >= 4 is 5.97 Å². The predicted molar refractivity (Wildman–Crippen MR) is 170 cm³/mol. The highest BCUT2D eigenvalue weighted by atomic mass is 16.4. The molecule has 3 aliphatic carbocycles. The molecule has 0 saturated heterocycles. The van der Waals surface area contributed by atoms with Crippen LogP contribution in [0.2, 0.25) is 0 Å². The van der Waals surface area contributed by atoms with E-state index in [-0.39, 0.29) is 11.5 Å². The molecule has 0 atom stereocenters. The maximum absolute atomic E-state index is 10.0. The van der Waals surface area contributed by atoms with Gasteiger partial charge in [0, 0.05) is 5.57 Å². The summed E-state index contributed by atoms with van der Waals surface area (Å²) in [6.45, 7) is 6.96. The minimum absolute atomic E-state index is 0.0486. The molecule has 0 aromatic rings. The van der Waals surface area contributed by atoms with Crippen molar-refractivity contribution in [3.05, 3.63) is 12.2 Å². The lowest BCUT2D eigenvalue weighted by Crippen LogP contribution is -2.04. The van der Waals surface area contributed by atoms with Gasteiger partial charge in [0.05, 0.1) is 0 Å². The van der Waals surface area contributed by atoms with E-state index in [0.29, 0.717) is 0 Å². The maximum atomic E-state index is 10.0. The van der Waals surface area contributed by atoms with Crippen molar-refractivity contribution in [2.75, 3.05) is 0 Å². The predicted octanol–water partition coefficient (Wildman–Crippen LogP) is 13.0. The fourth-order valence-electron chi connectivity index (χ4n) is 5.55. The van der Waals surface area contributed by atoms with Crippen LogP contribution in [-0.2, 0) is 4.79 Å². The summed E-state index contributed by atoms with van der Waals surface area (Å²) in [7, 11) is 0. The molecule has 38 heavy (non-hydrogen) atoms. The first kappa shape index (κ1) is 37.2. The Morgan fingerprint density at radius 1 is 0.395 bits per heavy atom. The fourth-order valence-corrected chi connectivity index (χ4v) is 5.55. The van der Waals surface area contributed by atoms with Crippen molar-refractivity contribution in [2.24, 2.45) is 5.92 Å². The molecule has 2 nitrogen and oxygen atoms in total. The van der Waals surface area contributed by atoms with Gasteiger partial charge in [0.25, 0.3) is 0 Å². The molecule has 0 spiro atoms. The van der Waals surface area contributed by atoms with E-state index in [0.717, 1.165) is 0 Å². The summed E-state index contributed by atoms with van der Waals surface area (Å²) in [5.41, 5.74) is 0.269. The topological polar surface area (TPSA) is 37.3 Å². The molecule has 0 radical (unpaired) electrons. The van der Waals surface area contributed by atoms with Crippen LogP contribution in [0.25, 0.3) is 0 Å². The Kier molecular flexibility index (Phi) is 30.1. The van der Waals surface area contributed by atoms with Gasteiger partial charge in [0.15, 0.2) is 0 Å². The molecule has 2 heteroatoms. The lowest BCUT2D eigenvalue weighted by Gasteiger charge is -2.05. The molecular weight excluding hydrogens is 464 g/mol. The molecule has 0 bridgehead atoms. The van der Waals surface area contributed by atoms with Crippen LogP contribution in [0.5, 0.6) is 0 Å². The van der Waals surface area contributed by atoms with Crippen LogP contribution in [0.1, 0.15) is 206 Å². The third-order valence-corrected chi connectivity index (χ3v) is 8.47. The van der Waals surface area contributed by atoms with Gasteiger partial charge < -0.3 is 5.11 Å². The summed E-state index contributed by atoms with van der Waals surface area (Å²) in [6, 6.07) is 0. The van der Waals surface area contributed by atoms with Gasteiger partial charge in [-0.2, -0.15) is 0 Å². The Labute approximate surface area is 240 Å². The normalized spacial score (nSPS) is 20.9. The van der Waals surface area contributed by atoms with Crippen LogP contribution in [0, 0.1) is 5.92 Å². The lowest BCUT2D eigenvalue weighted by atomic mass is 10.0. The average Bonchev–Trinajstić information content (AvgIpc) is 2.94. The monoisotopic (exact) mass is 535 g/mol. The average molecular weight is 535 g/mol. The molecular formula is C36H70O2. The molecule has 226 valence electrons. The first-order chi connectivity index (χ1) is 18.6. The number of rotatable bonds is 2. The summed E-state index contributed by atoms with van der Waals surface area (Å²) in [5, 5.41) is 8.25. The number of carbonyl (C=O) groups is 1. The summed E-state index contributed by atoms with van der Waals surface area (Å²) >= 11 is 0. The Morgan fingerprint density at radius 3 is 0.526 bits per heavy atom. The van der Waals surface area contributed by atoms with Crippen molar-refractivity contribution < 1.29 is 9.90 Å². The highest BCUT2D eigenvalue weighted by molar-refractivity contribution is 5.86. The second-order valence-electron chi connectivity index (χ2n) is 12.6. The lowest BCUT2D eigenvalue weighted by molar-refractivity contribution is -0.133. The minimum Gasteiger partial charge on any atom is -0.478 e. The first-order valence-corrected chi connectivity index (χ1v) is 17.5. The van der Waals surface area contributed by atoms with E-state index in [9.17, 15) is 4.79 Å². The molecule has 0 aliphatic heterocycles. The van der Waals surface area contributed by atoms with E-state index in [2.05, 4.69) is 6.58 Å². The molecule has 0 aromatic carbocycles. The molecule has 3 fully saturated rings. The van der Waals surface area contributed by atoms with Crippen LogP contribution in [0.15, 0.2) is 12.2 Å². The first-order valence-electron chi connectivity index (χ1n) is 17.5. The van der Waals surface area contributed by atoms with Crippen LogP contribution in [0.4, 0.5) is 0 Å². The quantitative estimate of drug-likeness (QED) is 0.358. The number of hydrogen-bond acceptors (Lipinski definition) is 1. The third-order valence-electron chi connectivity index (χ3n) is 8.47. The van der Waals surface area contributed by atoms with E-state index in [1.807, 2.05) is 0 Å². The van der Waals surface area contributed by atoms with Gasteiger partial charge in [-0.25, -0.2) is 4.79 Å². The van der Waals surface area contributed by atoms with Crippen molar-refractivity contribution in [1.29, 1.82) is 0 Å². The Balaban J connectivity index is 0.000000483. The molecule has 0 aromatic heterocycles. The van der Waals surface area contributed by atoms with E-state index in [1.54, 1.807) is 13.8 Å². The van der Waals surface area contributed by atoms with E-state index in [1.165, 1.54) is 193 Å². The van der Waals surface area contributed by atoms with Crippen LogP contribution in [0.3, 0.4) is 0 Å². The molecule has 3 rings (SSSR count). The Morgan fingerprint density at radius 2 is 0.500 bits per heavy atom. The highest BCUT2D eigenvalue weighted by Gasteiger charge is 2.06. The molecule has 0 unspecified atom stereocenters. The van der Waals surface area contributed by atoms with E-state index < -0.39 is 5.97 Å². The van der Waals surface area contributed by atoms with Crippen LogP contribution >= 0.6 is 0 Å². The number of carboxylic acids is 1. The van der Waals surface area contributed by atoms with Crippen LogP contribution in [-0.4, -0.2) is 11.1 Å². The summed E-state index contributed by atoms with van der Waals surface area (Å²) < 4.78 is 0. The van der Waals surface area contributed by atoms with Crippen molar-refractivity contribution in [1.82, 2.24) is 0 Å². The number of carboxylic acid groups (broad SMARTS) is 1. The highest BCUT2D eigenvalue weighted by Crippen LogP contribution is 2.17. The van der Waals surface area contributed by atoms with Gasteiger partial charge >= 0.3 is 5.97 Å². The molecule has 0 amide bonds. The largest absolute Gasteiger partial charge is 0.478 e. The third kappa shape index (κ3) is 29.8. The zero-order valence-corrected chi connectivity index (χ0v) is 26.4. The Hall–Kier alpha value is -0.790. The van der Waals surface area contributed by atoms with Gasteiger partial charge in [-0.3, -0.25) is 0 Å². The van der Waals surface area contributed by atoms with Gasteiger partial charge in [-0.1, -0.05) is 213 Å². The number of aliphatic carboxylic acids is 1. The molecule has 3 aliphatic rings. The van der Waals surface area contributed by atoms with Crippen molar-refractivity contribution in [3.63, 3.8) is 0 Å². The second kappa shape index (κ2) is 30.7. The maximum Gasteiger partial charge on any atom is 0.331 e. The molecule has 3 saturated carbocycles. The second-order valence-corrected chi connectivity index (χ2v) is 12.6.